The molecule has 0 radical (unpaired) electrons. The van der Waals surface area contributed by atoms with Gasteiger partial charge in [-0.15, -0.1) is 0 Å². The molecule has 1 aromatic heterocycles. The van der Waals surface area contributed by atoms with E-state index in [4.69, 9.17) is 11.6 Å². The van der Waals surface area contributed by atoms with Crippen molar-refractivity contribution in [2.24, 2.45) is 0 Å². The van der Waals surface area contributed by atoms with Crippen molar-refractivity contribution in [2.75, 3.05) is 5.32 Å². The van der Waals surface area contributed by atoms with Crippen molar-refractivity contribution in [1.29, 1.82) is 0 Å². The zero-order chi connectivity index (χ0) is 14.0. The van der Waals surface area contributed by atoms with Crippen molar-refractivity contribution in [3.63, 3.8) is 0 Å². The molecule has 0 spiro atoms. The molecule has 0 aliphatic heterocycles. The largest absolute Gasteiger partial charge is 0.376 e. The van der Waals surface area contributed by atoms with Crippen molar-refractivity contribution in [3.8, 4) is 0 Å². The lowest BCUT2D eigenvalue weighted by molar-refractivity contribution is 0.599. The summed E-state index contributed by atoms with van der Waals surface area (Å²) in [5, 5.41) is 3.60. The van der Waals surface area contributed by atoms with Crippen molar-refractivity contribution >= 4 is 33.2 Å². The highest BCUT2D eigenvalue weighted by Crippen LogP contribution is 2.29. The number of pyridine rings is 1. The van der Waals surface area contributed by atoms with E-state index in [2.05, 4.69) is 26.2 Å². The molecular formula is C14H13BrClFN2. The Balaban J connectivity index is 2.28. The quantitative estimate of drug-likeness (QED) is 0.783. The molecule has 0 fully saturated rings. The van der Waals surface area contributed by atoms with Crippen molar-refractivity contribution in [3.05, 3.63) is 57.0 Å². The third-order valence-corrected chi connectivity index (χ3v) is 3.68. The highest BCUT2D eigenvalue weighted by Gasteiger charge is 2.14. The smallest absolute Gasteiger partial charge is 0.152 e. The molecule has 0 saturated carbocycles. The fourth-order valence-corrected chi connectivity index (χ4v) is 2.44. The van der Waals surface area contributed by atoms with Crippen molar-refractivity contribution in [1.82, 2.24) is 4.98 Å². The number of benzene rings is 1. The molecule has 5 heteroatoms. The molecule has 0 aliphatic rings. The number of anilines is 1. The molecule has 2 rings (SSSR count). The van der Waals surface area contributed by atoms with Gasteiger partial charge in [-0.3, -0.25) is 0 Å². The Kier molecular flexibility index (Phi) is 4.42. The highest BCUT2D eigenvalue weighted by molar-refractivity contribution is 9.10. The standard InChI is InChI=1S/C14H13BrClFN2/c1-8-5-6-18-14(16)13(8)19-9(2)11-4-3-10(15)7-12(11)17/h3-7,9,19H,1-2H3. The Bertz CT molecular complexity index is 584. The van der Waals surface area contributed by atoms with Crippen molar-refractivity contribution < 1.29 is 4.39 Å². The van der Waals surface area contributed by atoms with Crippen LogP contribution in [0.2, 0.25) is 5.15 Å². The van der Waals surface area contributed by atoms with Crippen LogP contribution in [0.4, 0.5) is 10.1 Å². The molecule has 19 heavy (non-hydrogen) atoms. The van der Waals surface area contributed by atoms with Gasteiger partial charge in [-0.2, -0.15) is 0 Å². The van der Waals surface area contributed by atoms with Gasteiger partial charge in [-0.25, -0.2) is 9.37 Å². The van der Waals surface area contributed by atoms with Crippen LogP contribution < -0.4 is 5.32 Å². The lowest BCUT2D eigenvalue weighted by Gasteiger charge is -2.18. The van der Waals surface area contributed by atoms with E-state index in [1.807, 2.05) is 26.0 Å². The number of rotatable bonds is 3. The SMILES string of the molecule is Cc1ccnc(Cl)c1NC(C)c1ccc(Br)cc1F. The van der Waals surface area contributed by atoms with Gasteiger partial charge in [0.1, 0.15) is 5.82 Å². The maximum absolute atomic E-state index is 13.9. The van der Waals surface area contributed by atoms with Crippen molar-refractivity contribution in [2.45, 2.75) is 19.9 Å². The lowest BCUT2D eigenvalue weighted by Crippen LogP contribution is -2.10. The number of halogens is 3. The lowest BCUT2D eigenvalue weighted by atomic mass is 10.1. The molecule has 0 bridgehead atoms. The molecule has 1 atom stereocenters. The van der Waals surface area contributed by atoms with E-state index in [-0.39, 0.29) is 11.9 Å². The second kappa shape index (κ2) is 5.88. The molecule has 1 unspecified atom stereocenters. The Morgan fingerprint density at radius 2 is 2.11 bits per heavy atom. The van der Waals surface area contributed by atoms with Gasteiger partial charge >= 0.3 is 0 Å². The molecule has 1 aromatic carbocycles. The zero-order valence-corrected chi connectivity index (χ0v) is 12.9. The second-order valence-corrected chi connectivity index (χ2v) is 5.60. The number of aryl methyl sites for hydroxylation is 1. The van der Waals surface area contributed by atoms with E-state index in [1.54, 1.807) is 12.3 Å². The Morgan fingerprint density at radius 1 is 1.37 bits per heavy atom. The number of hydrogen-bond acceptors (Lipinski definition) is 2. The monoisotopic (exact) mass is 342 g/mol. The zero-order valence-electron chi connectivity index (χ0n) is 10.5. The van der Waals surface area contributed by atoms with Crippen LogP contribution in [0.15, 0.2) is 34.9 Å². The molecular weight excluding hydrogens is 331 g/mol. The van der Waals surface area contributed by atoms with E-state index >= 15 is 0 Å². The summed E-state index contributed by atoms with van der Waals surface area (Å²) >= 11 is 9.30. The minimum atomic E-state index is -0.257. The topological polar surface area (TPSA) is 24.9 Å². The molecule has 0 amide bonds. The van der Waals surface area contributed by atoms with E-state index in [1.165, 1.54) is 6.07 Å². The van der Waals surface area contributed by atoms with Crippen LogP contribution in [0.5, 0.6) is 0 Å². The molecule has 2 aromatic rings. The van der Waals surface area contributed by atoms with Crippen LogP contribution in [0.3, 0.4) is 0 Å². The summed E-state index contributed by atoms with van der Waals surface area (Å²) in [6, 6.07) is 6.67. The van der Waals surface area contributed by atoms with Gasteiger partial charge in [0.25, 0.3) is 0 Å². The van der Waals surface area contributed by atoms with E-state index in [0.717, 1.165) is 15.7 Å². The van der Waals surface area contributed by atoms with E-state index < -0.39 is 0 Å². The predicted molar refractivity (Wildman–Crippen MR) is 80.1 cm³/mol. The Hall–Kier alpha value is -1.13. The molecule has 1 heterocycles. The number of nitrogens with one attached hydrogen (secondary N) is 1. The van der Waals surface area contributed by atoms with Gasteiger partial charge < -0.3 is 5.32 Å². The van der Waals surface area contributed by atoms with Crippen LogP contribution in [0, 0.1) is 12.7 Å². The minimum absolute atomic E-state index is 0.200. The van der Waals surface area contributed by atoms with Crippen LogP contribution >= 0.6 is 27.5 Å². The summed E-state index contributed by atoms with van der Waals surface area (Å²) in [7, 11) is 0. The van der Waals surface area contributed by atoms with Crippen LogP contribution in [0.1, 0.15) is 24.1 Å². The maximum Gasteiger partial charge on any atom is 0.152 e. The third-order valence-electron chi connectivity index (χ3n) is 2.90. The first kappa shape index (κ1) is 14.3. The molecule has 1 N–H and O–H groups in total. The predicted octanol–water partition coefficient (Wildman–Crippen LogP) is 5.12. The first-order chi connectivity index (χ1) is 8.99. The summed E-state index contributed by atoms with van der Waals surface area (Å²) in [6.45, 7) is 3.82. The fraction of sp³-hybridized carbons (Fsp3) is 0.214. The summed E-state index contributed by atoms with van der Waals surface area (Å²) in [5.41, 5.74) is 2.30. The van der Waals surface area contributed by atoms with Gasteiger partial charge in [0, 0.05) is 16.2 Å². The number of nitrogens with zero attached hydrogens (tertiary/aromatic N) is 1. The van der Waals surface area contributed by atoms with Crippen LogP contribution in [-0.4, -0.2) is 4.98 Å². The molecule has 100 valence electrons. The Morgan fingerprint density at radius 3 is 2.74 bits per heavy atom. The average Bonchev–Trinajstić information content (AvgIpc) is 2.33. The first-order valence-electron chi connectivity index (χ1n) is 5.81. The summed E-state index contributed by atoms with van der Waals surface area (Å²) in [4.78, 5) is 4.02. The summed E-state index contributed by atoms with van der Waals surface area (Å²) < 4.78 is 14.6. The minimum Gasteiger partial charge on any atom is -0.376 e. The molecule has 2 nitrogen and oxygen atoms in total. The molecule has 0 aliphatic carbocycles. The average molecular weight is 344 g/mol. The number of aromatic nitrogens is 1. The normalized spacial score (nSPS) is 12.3. The summed E-state index contributed by atoms with van der Waals surface area (Å²) in [5.74, 6) is -0.257. The van der Waals surface area contributed by atoms with Gasteiger partial charge in [-0.1, -0.05) is 33.6 Å². The van der Waals surface area contributed by atoms with E-state index in [9.17, 15) is 4.39 Å². The van der Waals surface area contributed by atoms with Crippen LogP contribution in [0.25, 0.3) is 0 Å². The number of hydrogen-bond donors (Lipinski definition) is 1. The van der Waals surface area contributed by atoms with Gasteiger partial charge in [0.2, 0.25) is 0 Å². The third kappa shape index (κ3) is 3.25. The molecule has 0 saturated heterocycles. The highest BCUT2D eigenvalue weighted by atomic mass is 79.9. The van der Waals surface area contributed by atoms with Crippen LogP contribution in [-0.2, 0) is 0 Å². The van der Waals surface area contributed by atoms with Gasteiger partial charge in [0.05, 0.1) is 11.7 Å². The van der Waals surface area contributed by atoms with Gasteiger partial charge in [0.15, 0.2) is 5.15 Å². The Labute approximate surface area is 125 Å². The van der Waals surface area contributed by atoms with Gasteiger partial charge in [-0.05, 0) is 37.6 Å². The maximum atomic E-state index is 13.9. The summed E-state index contributed by atoms with van der Waals surface area (Å²) in [6.07, 6.45) is 1.65. The van der Waals surface area contributed by atoms with E-state index in [0.29, 0.717) is 10.7 Å². The second-order valence-electron chi connectivity index (χ2n) is 4.33. The fourth-order valence-electron chi connectivity index (χ4n) is 1.85. The first-order valence-corrected chi connectivity index (χ1v) is 6.98.